The molecule has 1 aliphatic rings. The average Bonchev–Trinajstić information content (AvgIpc) is 3.01. The van der Waals surface area contributed by atoms with Gasteiger partial charge in [-0.25, -0.2) is 4.99 Å². The fourth-order valence-electron chi connectivity index (χ4n) is 2.73. The molecule has 0 unspecified atom stereocenters. The van der Waals surface area contributed by atoms with E-state index in [-0.39, 0.29) is 12.5 Å². The standard InChI is InChI=1S/C23H22N2O3S/c1-5-13-28-19-12-9-17(14-20(19)27-4)15-21-22(26)25(3)23(29-21)24-18-10-7-16(6-2)8-11-18/h1,7-12,14-15H,6,13H2,2-4H3/b21-15+,24-23?. The van der Waals surface area contributed by atoms with Crippen LogP contribution in [0.2, 0.25) is 0 Å². The zero-order valence-corrected chi connectivity index (χ0v) is 17.5. The van der Waals surface area contributed by atoms with Gasteiger partial charge in [-0.2, -0.15) is 0 Å². The molecule has 1 fully saturated rings. The molecular weight excluding hydrogens is 384 g/mol. The van der Waals surface area contributed by atoms with Gasteiger partial charge in [0.1, 0.15) is 6.61 Å². The molecular formula is C23H22N2O3S. The number of methoxy groups -OCH3 is 1. The van der Waals surface area contributed by atoms with Gasteiger partial charge >= 0.3 is 0 Å². The van der Waals surface area contributed by atoms with Crippen molar-refractivity contribution in [3.05, 3.63) is 58.5 Å². The minimum Gasteiger partial charge on any atom is -0.493 e. The van der Waals surface area contributed by atoms with Crippen molar-refractivity contribution < 1.29 is 14.3 Å². The first-order chi connectivity index (χ1) is 14.0. The normalized spacial score (nSPS) is 16.3. The molecule has 2 aromatic carbocycles. The predicted octanol–water partition coefficient (Wildman–Crippen LogP) is 4.50. The van der Waals surface area contributed by atoms with Crippen LogP contribution in [-0.2, 0) is 11.2 Å². The molecule has 3 rings (SSSR count). The van der Waals surface area contributed by atoms with Gasteiger partial charge < -0.3 is 9.47 Å². The summed E-state index contributed by atoms with van der Waals surface area (Å²) in [6, 6.07) is 13.5. The second kappa shape index (κ2) is 9.35. The van der Waals surface area contributed by atoms with Gasteiger partial charge in [0.25, 0.3) is 5.91 Å². The third-order valence-electron chi connectivity index (χ3n) is 4.37. The predicted molar refractivity (Wildman–Crippen MR) is 119 cm³/mol. The zero-order valence-electron chi connectivity index (χ0n) is 16.6. The van der Waals surface area contributed by atoms with Gasteiger partial charge in [-0.3, -0.25) is 9.69 Å². The number of terminal acetylenes is 1. The van der Waals surface area contributed by atoms with Gasteiger partial charge in [-0.15, -0.1) is 6.42 Å². The highest BCUT2D eigenvalue weighted by Crippen LogP contribution is 2.35. The number of likely N-dealkylation sites (N-methyl/N-ethyl adjacent to an activating group) is 1. The van der Waals surface area contributed by atoms with E-state index in [0.29, 0.717) is 21.6 Å². The maximum Gasteiger partial charge on any atom is 0.266 e. The Hall–Kier alpha value is -3.17. The van der Waals surface area contributed by atoms with Crippen LogP contribution in [0.4, 0.5) is 5.69 Å². The lowest BCUT2D eigenvalue weighted by Gasteiger charge is -2.09. The summed E-state index contributed by atoms with van der Waals surface area (Å²) < 4.78 is 10.8. The Balaban J connectivity index is 1.84. The molecule has 2 aromatic rings. The number of amides is 1. The summed E-state index contributed by atoms with van der Waals surface area (Å²) in [7, 11) is 3.29. The van der Waals surface area contributed by atoms with Crippen LogP contribution in [-0.4, -0.2) is 36.7 Å². The van der Waals surface area contributed by atoms with Crippen LogP contribution in [0.15, 0.2) is 52.4 Å². The van der Waals surface area contributed by atoms with Crippen molar-refractivity contribution in [2.45, 2.75) is 13.3 Å². The maximum atomic E-state index is 12.7. The second-order valence-corrected chi connectivity index (χ2v) is 7.30. The molecule has 0 N–H and O–H groups in total. The fraction of sp³-hybridized carbons (Fsp3) is 0.217. The van der Waals surface area contributed by atoms with Crippen molar-refractivity contribution in [3.63, 3.8) is 0 Å². The van der Waals surface area contributed by atoms with Crippen molar-refractivity contribution in [3.8, 4) is 23.8 Å². The van der Waals surface area contributed by atoms with Crippen LogP contribution >= 0.6 is 11.8 Å². The molecule has 0 radical (unpaired) electrons. The van der Waals surface area contributed by atoms with E-state index in [2.05, 4.69) is 17.8 Å². The molecule has 0 spiro atoms. The van der Waals surface area contributed by atoms with Gasteiger partial charge in [-0.1, -0.05) is 31.0 Å². The molecule has 1 aliphatic heterocycles. The van der Waals surface area contributed by atoms with Crippen LogP contribution < -0.4 is 9.47 Å². The number of carbonyl (C=O) groups excluding carboxylic acids is 1. The number of aliphatic imine (C=N–C) groups is 1. The Morgan fingerprint density at radius 1 is 1.21 bits per heavy atom. The average molecular weight is 407 g/mol. The van der Waals surface area contributed by atoms with Crippen LogP contribution in [0, 0.1) is 12.3 Å². The van der Waals surface area contributed by atoms with E-state index in [1.807, 2.05) is 42.5 Å². The van der Waals surface area contributed by atoms with Crippen LogP contribution in [0.3, 0.4) is 0 Å². The highest BCUT2D eigenvalue weighted by atomic mass is 32.2. The van der Waals surface area contributed by atoms with Gasteiger partial charge in [0.15, 0.2) is 16.7 Å². The van der Waals surface area contributed by atoms with Crippen molar-refractivity contribution in [2.24, 2.45) is 4.99 Å². The van der Waals surface area contributed by atoms with Gasteiger partial charge in [-0.05, 0) is 59.7 Å². The fourth-order valence-corrected chi connectivity index (χ4v) is 3.72. The lowest BCUT2D eigenvalue weighted by atomic mass is 10.2. The van der Waals surface area contributed by atoms with Crippen molar-refractivity contribution in [1.29, 1.82) is 0 Å². The summed E-state index contributed by atoms with van der Waals surface area (Å²) in [4.78, 5) is 19.4. The molecule has 5 nitrogen and oxygen atoms in total. The Bertz CT molecular complexity index is 1000. The molecule has 148 valence electrons. The summed E-state index contributed by atoms with van der Waals surface area (Å²) >= 11 is 1.35. The van der Waals surface area contributed by atoms with Crippen LogP contribution in [0.25, 0.3) is 6.08 Å². The number of carbonyl (C=O) groups is 1. The Labute approximate surface area is 175 Å². The molecule has 0 aliphatic carbocycles. The molecule has 0 aromatic heterocycles. The number of rotatable bonds is 6. The first kappa shape index (κ1) is 20.6. The topological polar surface area (TPSA) is 51.1 Å². The third kappa shape index (κ3) is 4.82. The number of hydrogen-bond donors (Lipinski definition) is 0. The third-order valence-corrected chi connectivity index (χ3v) is 5.43. The zero-order chi connectivity index (χ0) is 20.8. The maximum absolute atomic E-state index is 12.7. The molecule has 0 bridgehead atoms. The Kier molecular flexibility index (Phi) is 6.63. The number of benzene rings is 2. The largest absolute Gasteiger partial charge is 0.493 e. The summed E-state index contributed by atoms with van der Waals surface area (Å²) in [6.45, 7) is 2.27. The van der Waals surface area contributed by atoms with E-state index in [0.717, 1.165) is 17.7 Å². The quantitative estimate of drug-likeness (QED) is 0.523. The van der Waals surface area contributed by atoms with Crippen LogP contribution in [0.5, 0.6) is 11.5 Å². The van der Waals surface area contributed by atoms with Gasteiger partial charge in [0.2, 0.25) is 0 Å². The minimum atomic E-state index is -0.0921. The summed E-state index contributed by atoms with van der Waals surface area (Å²) in [5.41, 5.74) is 2.90. The van der Waals surface area contributed by atoms with E-state index in [1.54, 1.807) is 25.1 Å². The second-order valence-electron chi connectivity index (χ2n) is 6.29. The number of amidine groups is 1. The number of aryl methyl sites for hydroxylation is 1. The number of ether oxygens (including phenoxy) is 2. The lowest BCUT2D eigenvalue weighted by molar-refractivity contribution is -0.121. The summed E-state index contributed by atoms with van der Waals surface area (Å²) in [5, 5.41) is 0.645. The number of hydrogen-bond acceptors (Lipinski definition) is 5. The molecule has 29 heavy (non-hydrogen) atoms. The molecule has 0 saturated carbocycles. The lowest BCUT2D eigenvalue weighted by Crippen LogP contribution is -2.23. The number of nitrogens with zero attached hydrogens (tertiary/aromatic N) is 2. The molecule has 6 heteroatoms. The van der Waals surface area contributed by atoms with Gasteiger partial charge in [0, 0.05) is 7.05 Å². The SMILES string of the molecule is C#CCOc1ccc(/C=C2/SC(=Nc3ccc(CC)cc3)N(C)C2=O)cc1OC. The van der Waals surface area contributed by atoms with E-state index < -0.39 is 0 Å². The van der Waals surface area contributed by atoms with E-state index in [9.17, 15) is 4.79 Å². The number of thioether (sulfide) groups is 1. The van der Waals surface area contributed by atoms with E-state index >= 15 is 0 Å². The molecule has 1 heterocycles. The first-order valence-electron chi connectivity index (χ1n) is 9.15. The Morgan fingerprint density at radius 3 is 2.62 bits per heavy atom. The minimum absolute atomic E-state index is 0.0921. The Morgan fingerprint density at radius 2 is 1.97 bits per heavy atom. The van der Waals surface area contributed by atoms with Crippen molar-refractivity contribution >= 4 is 34.6 Å². The highest BCUT2D eigenvalue weighted by molar-refractivity contribution is 8.18. The first-order valence-corrected chi connectivity index (χ1v) is 9.97. The van der Waals surface area contributed by atoms with E-state index in [1.165, 1.54) is 17.3 Å². The van der Waals surface area contributed by atoms with Crippen LogP contribution in [0.1, 0.15) is 18.1 Å². The monoisotopic (exact) mass is 406 g/mol. The van der Waals surface area contributed by atoms with Crippen molar-refractivity contribution in [1.82, 2.24) is 4.90 Å². The smallest absolute Gasteiger partial charge is 0.266 e. The summed E-state index contributed by atoms with van der Waals surface area (Å²) in [6.07, 6.45) is 8.03. The van der Waals surface area contributed by atoms with Crippen molar-refractivity contribution in [2.75, 3.05) is 20.8 Å². The molecule has 1 saturated heterocycles. The van der Waals surface area contributed by atoms with E-state index in [4.69, 9.17) is 15.9 Å². The molecule has 0 atom stereocenters. The molecule has 1 amide bonds. The highest BCUT2D eigenvalue weighted by Gasteiger charge is 2.30. The summed E-state index contributed by atoms with van der Waals surface area (Å²) in [5.74, 6) is 3.46. The van der Waals surface area contributed by atoms with Gasteiger partial charge in [0.05, 0.1) is 17.7 Å².